The van der Waals surface area contributed by atoms with E-state index in [0.717, 1.165) is 10.6 Å². The molecule has 0 heterocycles. The van der Waals surface area contributed by atoms with E-state index in [1.54, 1.807) is 0 Å². The molecular weight excluding hydrogens is 400 g/mol. The predicted molar refractivity (Wildman–Crippen MR) is 129 cm³/mol. The van der Waals surface area contributed by atoms with Crippen LogP contribution in [-0.2, 0) is 10.0 Å². The van der Waals surface area contributed by atoms with Gasteiger partial charge in [-0.05, 0) is 37.3 Å². The first-order chi connectivity index (χ1) is 12.1. The highest BCUT2D eigenvalue weighted by atomic mass is 35.5. The summed E-state index contributed by atoms with van der Waals surface area (Å²) in [7, 11) is -4.71. The molecule has 1 nitrogen and oxygen atoms in total. The number of hydrogen-bond donors (Lipinski definition) is 0. The van der Waals surface area contributed by atoms with Crippen molar-refractivity contribution in [2.24, 2.45) is 0 Å². The highest BCUT2D eigenvalue weighted by Crippen LogP contribution is 2.36. The zero-order chi connectivity index (χ0) is 20.9. The van der Waals surface area contributed by atoms with E-state index >= 15 is 0 Å². The molecule has 148 valence electrons. The number of halogens is 1. The molecule has 0 unspecified atom stereocenters. The van der Waals surface area contributed by atoms with Gasteiger partial charge in [-0.3, -0.25) is 0 Å². The summed E-state index contributed by atoms with van der Waals surface area (Å²) in [5, 5.41) is 0.738. The lowest BCUT2D eigenvalue weighted by Crippen LogP contribution is -2.40. The van der Waals surface area contributed by atoms with E-state index in [4.69, 9.17) is 16.0 Å². The van der Waals surface area contributed by atoms with Crippen LogP contribution in [0.3, 0.4) is 0 Å². The second-order valence-corrected chi connectivity index (χ2v) is 24.5. The van der Waals surface area contributed by atoms with Crippen molar-refractivity contribution in [3.63, 3.8) is 0 Å². The third kappa shape index (κ3) is 9.83. The van der Waals surface area contributed by atoms with E-state index in [1.807, 2.05) is 12.1 Å². The summed E-state index contributed by atoms with van der Waals surface area (Å²) in [6, 6.07) is 8.04. The molecule has 5 heteroatoms. The lowest BCUT2D eigenvalue weighted by atomic mass is 9.88. The van der Waals surface area contributed by atoms with Crippen molar-refractivity contribution in [1.82, 2.24) is 0 Å². The molecule has 0 saturated carbocycles. The van der Waals surface area contributed by atoms with Gasteiger partial charge in [0.2, 0.25) is 0 Å². The fraction of sp³-hybridized carbons (Fsp3) is 0.545. The van der Waals surface area contributed by atoms with Gasteiger partial charge < -0.3 is 4.43 Å². The Morgan fingerprint density at radius 3 is 1.52 bits per heavy atom. The van der Waals surface area contributed by atoms with Gasteiger partial charge in [0, 0.05) is 17.9 Å². The van der Waals surface area contributed by atoms with E-state index in [0.29, 0.717) is 12.8 Å². The minimum atomic E-state index is -1.83. The maximum absolute atomic E-state index is 6.80. The molecule has 0 atom stereocenters. The standard InChI is InChI=1S/C22H35ClOSi3/c1-25(2,3)18-10-16-22(24-27(7,8)9,17-11-19-26(4,5)6)20-12-14-21(23)15-13-20/h12-15H,16-17H2,1-9H3. The summed E-state index contributed by atoms with van der Waals surface area (Å²) in [6.07, 6.45) is 1.34. The van der Waals surface area contributed by atoms with Crippen LogP contribution in [-0.4, -0.2) is 24.5 Å². The largest absolute Gasteiger partial charge is 0.406 e. The molecule has 1 rings (SSSR count). The quantitative estimate of drug-likeness (QED) is 0.360. The molecule has 0 aliphatic heterocycles. The van der Waals surface area contributed by atoms with Crippen molar-refractivity contribution in [2.45, 2.75) is 77.4 Å². The maximum atomic E-state index is 6.80. The zero-order valence-corrected chi connectivity index (χ0v) is 22.3. The van der Waals surface area contributed by atoms with Gasteiger partial charge in [-0.1, -0.05) is 63.0 Å². The highest BCUT2D eigenvalue weighted by Gasteiger charge is 2.37. The molecule has 0 aliphatic carbocycles. The zero-order valence-electron chi connectivity index (χ0n) is 18.5. The maximum Gasteiger partial charge on any atom is 0.185 e. The van der Waals surface area contributed by atoms with Crippen molar-refractivity contribution in [3.05, 3.63) is 34.9 Å². The molecule has 0 amide bonds. The van der Waals surface area contributed by atoms with Crippen LogP contribution in [0.1, 0.15) is 18.4 Å². The summed E-state index contributed by atoms with van der Waals surface area (Å²) in [5.74, 6) is 6.94. The fourth-order valence-electron chi connectivity index (χ4n) is 2.64. The number of benzene rings is 1. The molecule has 0 fully saturated rings. The Balaban J connectivity index is 3.46. The van der Waals surface area contributed by atoms with Gasteiger partial charge >= 0.3 is 0 Å². The first-order valence-corrected chi connectivity index (χ1v) is 20.4. The van der Waals surface area contributed by atoms with Gasteiger partial charge in [-0.15, -0.1) is 22.9 Å². The van der Waals surface area contributed by atoms with Gasteiger partial charge in [0.1, 0.15) is 21.7 Å². The van der Waals surface area contributed by atoms with Gasteiger partial charge in [0.15, 0.2) is 8.32 Å². The Morgan fingerprint density at radius 1 is 0.778 bits per heavy atom. The number of hydrogen-bond acceptors (Lipinski definition) is 1. The van der Waals surface area contributed by atoms with E-state index in [-0.39, 0.29) is 0 Å². The van der Waals surface area contributed by atoms with Crippen LogP contribution >= 0.6 is 11.6 Å². The summed E-state index contributed by atoms with van der Waals surface area (Å²) < 4.78 is 6.80. The molecule has 1 aromatic rings. The normalized spacial score (nSPS) is 12.7. The molecule has 27 heavy (non-hydrogen) atoms. The van der Waals surface area contributed by atoms with Crippen molar-refractivity contribution in [3.8, 4) is 22.9 Å². The van der Waals surface area contributed by atoms with Crippen molar-refractivity contribution in [1.29, 1.82) is 0 Å². The Hall–Kier alpha value is -0.759. The third-order valence-electron chi connectivity index (χ3n) is 3.55. The topological polar surface area (TPSA) is 9.23 Å². The lowest BCUT2D eigenvalue weighted by molar-refractivity contribution is 0.0685. The van der Waals surface area contributed by atoms with Crippen LogP contribution in [0.25, 0.3) is 0 Å². The van der Waals surface area contributed by atoms with Crippen LogP contribution in [0.15, 0.2) is 24.3 Å². The Kier molecular flexibility index (Phi) is 8.24. The molecule has 1 aromatic carbocycles. The second-order valence-electron chi connectivity index (χ2n) is 10.2. The van der Waals surface area contributed by atoms with Crippen LogP contribution < -0.4 is 0 Å². The average molecular weight is 435 g/mol. The van der Waals surface area contributed by atoms with Crippen LogP contribution in [0.5, 0.6) is 0 Å². The first-order valence-electron chi connectivity index (χ1n) is 9.58. The van der Waals surface area contributed by atoms with E-state index in [9.17, 15) is 0 Å². The molecule has 0 spiro atoms. The Labute approximate surface area is 175 Å². The first kappa shape index (κ1) is 24.3. The Bertz CT molecular complexity index is 708. The van der Waals surface area contributed by atoms with E-state index < -0.39 is 30.1 Å². The Morgan fingerprint density at radius 2 is 1.19 bits per heavy atom. The monoisotopic (exact) mass is 434 g/mol. The SMILES string of the molecule is C[Si](C)(C)C#CCC(CC#C[Si](C)(C)C)(O[Si](C)(C)C)c1ccc(Cl)cc1. The lowest BCUT2D eigenvalue weighted by Gasteiger charge is -2.38. The molecule has 0 radical (unpaired) electrons. The summed E-state index contributed by atoms with van der Waals surface area (Å²) >= 11 is 6.15. The fourth-order valence-corrected chi connectivity index (χ4v) is 5.44. The predicted octanol–water partition coefficient (Wildman–Crippen LogP) is 6.93. The molecule has 0 aliphatic rings. The minimum Gasteiger partial charge on any atom is -0.406 e. The second kappa shape index (κ2) is 9.16. The van der Waals surface area contributed by atoms with Crippen LogP contribution in [0, 0.1) is 22.9 Å². The molecule has 0 N–H and O–H groups in total. The summed E-state index contributed by atoms with van der Waals surface area (Å²) in [4.78, 5) is 0. The molecule has 0 saturated heterocycles. The summed E-state index contributed by atoms with van der Waals surface area (Å²) in [5.41, 5.74) is 7.66. The van der Waals surface area contributed by atoms with Crippen molar-refractivity contribution >= 4 is 36.1 Å². The van der Waals surface area contributed by atoms with Crippen LogP contribution in [0.2, 0.25) is 63.9 Å². The van der Waals surface area contributed by atoms with E-state index in [1.165, 1.54) is 0 Å². The highest BCUT2D eigenvalue weighted by molar-refractivity contribution is 6.84. The summed E-state index contributed by atoms with van der Waals surface area (Å²) in [6.45, 7) is 20.3. The third-order valence-corrected chi connectivity index (χ3v) is 6.66. The van der Waals surface area contributed by atoms with Gasteiger partial charge in [0.05, 0.1) is 0 Å². The van der Waals surface area contributed by atoms with E-state index in [2.05, 4.69) is 94.0 Å². The van der Waals surface area contributed by atoms with Crippen LogP contribution in [0.4, 0.5) is 0 Å². The number of rotatable bonds is 5. The molecule has 0 bridgehead atoms. The minimum absolute atomic E-state index is 0.492. The average Bonchev–Trinajstić information content (AvgIpc) is 2.43. The van der Waals surface area contributed by atoms with Gasteiger partial charge in [-0.25, -0.2) is 0 Å². The molecule has 0 aromatic heterocycles. The van der Waals surface area contributed by atoms with Gasteiger partial charge in [0.25, 0.3) is 0 Å². The van der Waals surface area contributed by atoms with Crippen molar-refractivity contribution in [2.75, 3.05) is 0 Å². The van der Waals surface area contributed by atoms with Gasteiger partial charge in [-0.2, -0.15) is 0 Å². The van der Waals surface area contributed by atoms with Crippen molar-refractivity contribution < 1.29 is 4.43 Å². The smallest absolute Gasteiger partial charge is 0.185 e. The molecular formula is C22H35ClOSi3.